The molecule has 0 heterocycles. The van der Waals surface area contributed by atoms with Crippen molar-refractivity contribution in [2.24, 2.45) is 16.7 Å². The van der Waals surface area contributed by atoms with E-state index >= 15 is 0 Å². The van der Waals surface area contributed by atoms with Crippen LogP contribution in [0.4, 0.5) is 0 Å². The third kappa shape index (κ3) is 3.96. The molecule has 1 aliphatic rings. The molecule has 1 fully saturated rings. The maximum Gasteiger partial charge on any atom is 0.240 e. The molecule has 0 unspecified atom stereocenters. The highest BCUT2D eigenvalue weighted by Gasteiger charge is 2.39. The zero-order valence-electron chi connectivity index (χ0n) is 12.9. The Labute approximate surface area is 117 Å². The topological polar surface area (TPSA) is 52.9 Å². The smallest absolute Gasteiger partial charge is 0.240 e. The quantitative estimate of drug-likeness (QED) is 0.788. The van der Waals surface area contributed by atoms with Crippen LogP contribution in [0.1, 0.15) is 66.2 Å². The van der Waals surface area contributed by atoms with E-state index in [4.69, 9.17) is 0 Å². The maximum absolute atomic E-state index is 12.4. The van der Waals surface area contributed by atoms with Gasteiger partial charge in [-0.2, -0.15) is 5.26 Å². The van der Waals surface area contributed by atoms with Gasteiger partial charge in [0.2, 0.25) is 5.91 Å². The number of nitrogens with one attached hydrogen (secondary N) is 1. The minimum atomic E-state index is -0.774. The Bertz CT molecular complexity index is 344. The molecule has 0 aromatic heterocycles. The first-order valence-corrected chi connectivity index (χ1v) is 7.54. The normalized spacial score (nSPS) is 19.6. The molecular weight excluding hydrogens is 236 g/mol. The fourth-order valence-electron chi connectivity index (χ4n) is 2.40. The van der Waals surface area contributed by atoms with Crippen molar-refractivity contribution in [2.45, 2.75) is 66.2 Å². The van der Waals surface area contributed by atoms with Crippen molar-refractivity contribution in [2.75, 3.05) is 6.54 Å². The lowest BCUT2D eigenvalue weighted by atomic mass is 9.78. The Morgan fingerprint density at radius 2 is 1.79 bits per heavy atom. The first-order valence-electron chi connectivity index (χ1n) is 7.54. The summed E-state index contributed by atoms with van der Waals surface area (Å²) in [6.45, 7) is 9.29. The summed E-state index contributed by atoms with van der Waals surface area (Å²) in [6, 6.07) is 2.31. The van der Waals surface area contributed by atoms with E-state index in [2.05, 4.69) is 39.1 Å². The van der Waals surface area contributed by atoms with Gasteiger partial charge in [0, 0.05) is 6.54 Å². The Hall–Kier alpha value is -1.04. The highest BCUT2D eigenvalue weighted by atomic mass is 16.2. The van der Waals surface area contributed by atoms with Crippen molar-refractivity contribution < 1.29 is 4.79 Å². The van der Waals surface area contributed by atoms with E-state index in [1.807, 2.05) is 0 Å². The van der Waals surface area contributed by atoms with Gasteiger partial charge in [-0.1, -0.05) is 53.4 Å². The predicted octanol–water partition coefficient (Wildman–Crippen LogP) is 3.65. The maximum atomic E-state index is 12.4. The molecule has 3 heteroatoms. The average molecular weight is 264 g/mol. The molecule has 0 atom stereocenters. The molecule has 1 saturated carbocycles. The summed E-state index contributed by atoms with van der Waals surface area (Å²) >= 11 is 0. The summed E-state index contributed by atoms with van der Waals surface area (Å²) in [5.74, 6) is 0.450. The summed E-state index contributed by atoms with van der Waals surface area (Å²) < 4.78 is 0. The second-order valence-electron chi connectivity index (χ2n) is 6.93. The van der Waals surface area contributed by atoms with Crippen LogP contribution in [0.2, 0.25) is 0 Å². The molecule has 0 saturated heterocycles. The van der Waals surface area contributed by atoms with E-state index in [9.17, 15) is 10.1 Å². The van der Waals surface area contributed by atoms with E-state index in [-0.39, 0.29) is 11.3 Å². The fourth-order valence-corrected chi connectivity index (χ4v) is 2.40. The minimum Gasteiger partial charge on any atom is -0.354 e. The average Bonchev–Trinajstić information content (AvgIpc) is 2.62. The second-order valence-corrected chi connectivity index (χ2v) is 6.93. The van der Waals surface area contributed by atoms with Crippen molar-refractivity contribution in [3.05, 3.63) is 0 Å². The zero-order valence-corrected chi connectivity index (χ0v) is 12.9. The minimum absolute atomic E-state index is 0.0503. The third-order valence-electron chi connectivity index (χ3n) is 4.87. The van der Waals surface area contributed by atoms with Crippen LogP contribution < -0.4 is 5.32 Å². The number of nitriles is 1. The van der Waals surface area contributed by atoms with Crippen LogP contribution >= 0.6 is 0 Å². The third-order valence-corrected chi connectivity index (χ3v) is 4.87. The van der Waals surface area contributed by atoms with Crippen LogP contribution in [0.5, 0.6) is 0 Å². The molecular formula is C16H28N2O. The molecule has 1 rings (SSSR count). The zero-order chi connectivity index (χ0) is 14.5. The molecule has 0 aromatic carbocycles. The van der Waals surface area contributed by atoms with Gasteiger partial charge in [-0.25, -0.2) is 0 Å². The first kappa shape index (κ1) is 16.0. The largest absolute Gasteiger partial charge is 0.354 e. The lowest BCUT2D eigenvalue weighted by Crippen LogP contribution is -2.44. The molecule has 0 spiro atoms. The summed E-state index contributed by atoms with van der Waals surface area (Å²) in [5, 5.41) is 12.5. The summed E-state index contributed by atoms with van der Waals surface area (Å²) in [7, 11) is 0. The molecule has 0 bridgehead atoms. The predicted molar refractivity (Wildman–Crippen MR) is 77.4 cm³/mol. The molecule has 1 aliphatic carbocycles. The number of hydrogen-bond donors (Lipinski definition) is 1. The van der Waals surface area contributed by atoms with Crippen molar-refractivity contribution in [1.29, 1.82) is 5.26 Å². The molecule has 19 heavy (non-hydrogen) atoms. The lowest BCUT2D eigenvalue weighted by Gasteiger charge is -2.31. The lowest BCUT2D eigenvalue weighted by molar-refractivity contribution is -0.129. The van der Waals surface area contributed by atoms with Crippen LogP contribution in [0.25, 0.3) is 0 Å². The number of nitrogens with zero attached hydrogens (tertiary/aromatic N) is 1. The molecule has 0 aromatic rings. The Morgan fingerprint density at radius 3 is 2.21 bits per heavy atom. The summed E-state index contributed by atoms with van der Waals surface area (Å²) in [6.07, 6.45) is 5.72. The first-order chi connectivity index (χ1) is 8.84. The van der Waals surface area contributed by atoms with Crippen molar-refractivity contribution >= 4 is 5.91 Å². The van der Waals surface area contributed by atoms with E-state index in [1.54, 1.807) is 0 Å². The molecule has 108 valence electrons. The van der Waals surface area contributed by atoms with Crippen molar-refractivity contribution in [3.8, 4) is 6.07 Å². The van der Waals surface area contributed by atoms with Crippen LogP contribution in [0.3, 0.4) is 0 Å². The molecule has 3 nitrogen and oxygen atoms in total. The van der Waals surface area contributed by atoms with E-state index in [1.165, 1.54) is 0 Å². The molecule has 0 aliphatic heterocycles. The Kier molecular flexibility index (Phi) is 5.40. The SMILES string of the molecule is CC(C)C(C)(C)CNC(=O)C1(C#N)CCCCCC1. The van der Waals surface area contributed by atoms with Crippen LogP contribution in [0.15, 0.2) is 0 Å². The van der Waals surface area contributed by atoms with Gasteiger partial charge in [-0.3, -0.25) is 4.79 Å². The fraction of sp³-hybridized carbons (Fsp3) is 0.875. The van der Waals surface area contributed by atoms with Gasteiger partial charge >= 0.3 is 0 Å². The number of rotatable bonds is 4. The van der Waals surface area contributed by atoms with Gasteiger partial charge in [0.25, 0.3) is 0 Å². The van der Waals surface area contributed by atoms with Crippen LogP contribution in [-0.4, -0.2) is 12.5 Å². The monoisotopic (exact) mass is 264 g/mol. The van der Waals surface area contributed by atoms with Crippen molar-refractivity contribution in [1.82, 2.24) is 5.32 Å². The standard InChI is InChI=1S/C16H28N2O/c1-13(2)15(3,4)12-18-14(19)16(11-17)9-7-5-6-8-10-16/h13H,5-10,12H2,1-4H3,(H,18,19). The van der Waals surface area contributed by atoms with E-state index < -0.39 is 5.41 Å². The van der Waals surface area contributed by atoms with E-state index in [0.29, 0.717) is 12.5 Å². The molecule has 1 N–H and O–H groups in total. The van der Waals surface area contributed by atoms with Crippen LogP contribution in [0, 0.1) is 28.1 Å². The van der Waals surface area contributed by atoms with Gasteiger partial charge in [-0.15, -0.1) is 0 Å². The number of carbonyl (C=O) groups is 1. The Morgan fingerprint density at radius 1 is 1.26 bits per heavy atom. The van der Waals surface area contributed by atoms with Crippen LogP contribution in [-0.2, 0) is 4.79 Å². The van der Waals surface area contributed by atoms with Gasteiger partial charge in [0.15, 0.2) is 0 Å². The molecule has 1 amide bonds. The number of hydrogen-bond acceptors (Lipinski definition) is 2. The summed E-state index contributed by atoms with van der Waals surface area (Å²) in [4.78, 5) is 12.4. The van der Waals surface area contributed by atoms with Gasteiger partial charge < -0.3 is 5.32 Å². The van der Waals surface area contributed by atoms with Gasteiger partial charge in [-0.05, 0) is 24.2 Å². The van der Waals surface area contributed by atoms with E-state index in [0.717, 1.165) is 38.5 Å². The highest BCUT2D eigenvalue weighted by molar-refractivity contribution is 5.85. The Balaban J connectivity index is 2.67. The summed E-state index contributed by atoms with van der Waals surface area (Å²) in [5.41, 5.74) is -0.708. The van der Waals surface area contributed by atoms with Gasteiger partial charge in [0.05, 0.1) is 6.07 Å². The van der Waals surface area contributed by atoms with Crippen molar-refractivity contribution in [3.63, 3.8) is 0 Å². The number of carbonyl (C=O) groups excluding carboxylic acids is 1. The second kappa shape index (κ2) is 6.41. The molecule has 0 radical (unpaired) electrons. The number of amides is 1. The van der Waals surface area contributed by atoms with Gasteiger partial charge in [0.1, 0.15) is 5.41 Å². The highest BCUT2D eigenvalue weighted by Crippen LogP contribution is 2.35.